The Bertz CT molecular complexity index is 866. The Hall–Kier alpha value is -3.11. The molecular weight excluding hydrogens is 346 g/mol. The summed E-state index contributed by atoms with van der Waals surface area (Å²) in [6.45, 7) is 2.06. The van der Waals surface area contributed by atoms with Gasteiger partial charge in [0.25, 0.3) is 0 Å². The Morgan fingerprint density at radius 2 is 2.15 bits per heavy atom. The van der Waals surface area contributed by atoms with Gasteiger partial charge >= 0.3 is 0 Å². The van der Waals surface area contributed by atoms with Crippen molar-refractivity contribution in [1.82, 2.24) is 15.4 Å². The van der Waals surface area contributed by atoms with Crippen LogP contribution in [-0.4, -0.2) is 52.2 Å². The van der Waals surface area contributed by atoms with E-state index in [-0.39, 0.29) is 37.7 Å². The number of aliphatic hydroxyl groups excluding tert-OH is 1. The lowest BCUT2D eigenvalue weighted by atomic mass is 10.1. The van der Waals surface area contributed by atoms with E-state index in [0.717, 1.165) is 5.56 Å². The van der Waals surface area contributed by atoms with Crippen molar-refractivity contribution in [2.24, 2.45) is 0 Å². The molecule has 1 fully saturated rings. The van der Waals surface area contributed by atoms with Gasteiger partial charge in [-0.15, -0.1) is 0 Å². The van der Waals surface area contributed by atoms with Gasteiger partial charge in [-0.25, -0.2) is 0 Å². The summed E-state index contributed by atoms with van der Waals surface area (Å²) in [4.78, 5) is 26.4. The van der Waals surface area contributed by atoms with E-state index in [0.29, 0.717) is 11.5 Å². The van der Waals surface area contributed by atoms with Crippen LogP contribution in [0.1, 0.15) is 23.4 Å². The van der Waals surface area contributed by atoms with Crippen LogP contribution in [0.15, 0.2) is 40.9 Å². The largest absolute Gasteiger partial charge is 0.391 e. The van der Waals surface area contributed by atoms with E-state index in [1.165, 1.54) is 4.90 Å². The number of aryl methyl sites for hydroxylation is 1. The van der Waals surface area contributed by atoms with Gasteiger partial charge in [-0.3, -0.25) is 9.59 Å². The van der Waals surface area contributed by atoms with Crippen molar-refractivity contribution in [3.8, 4) is 11.8 Å². The lowest BCUT2D eigenvalue weighted by molar-refractivity contribution is -0.138. The fourth-order valence-electron chi connectivity index (χ4n) is 3.01. The molecule has 2 amide bonds. The molecule has 1 aromatic carbocycles. The van der Waals surface area contributed by atoms with Crippen LogP contribution in [0.2, 0.25) is 0 Å². The molecule has 2 aromatic rings. The third-order valence-corrected chi connectivity index (χ3v) is 4.26. The Kier molecular flexibility index (Phi) is 5.89. The van der Waals surface area contributed by atoms with Gasteiger partial charge in [0.05, 0.1) is 24.8 Å². The van der Waals surface area contributed by atoms with Crippen LogP contribution in [0, 0.1) is 18.8 Å². The molecule has 0 saturated carbocycles. The molecule has 3 rings (SSSR count). The van der Waals surface area contributed by atoms with Crippen molar-refractivity contribution in [3.05, 3.63) is 53.4 Å². The number of carbonyl (C=O) groups excluding carboxylic acids is 2. The summed E-state index contributed by atoms with van der Waals surface area (Å²) in [6.07, 6.45) is -0.513. The maximum absolute atomic E-state index is 12.5. The second-order valence-electron chi connectivity index (χ2n) is 6.45. The number of rotatable bonds is 4. The SMILES string of the molecule is Cc1cc(CC(=O)N2CC(O)CC2C(=O)NCC#Cc2ccccc2)on1. The number of β-amino-alcohol motifs (C(OH)–C–C–N with tert-alkyl or cyclic N) is 1. The molecule has 7 nitrogen and oxygen atoms in total. The highest BCUT2D eigenvalue weighted by atomic mass is 16.5. The molecule has 0 bridgehead atoms. The molecule has 7 heteroatoms. The zero-order chi connectivity index (χ0) is 19.2. The van der Waals surface area contributed by atoms with Crippen molar-refractivity contribution >= 4 is 11.8 Å². The molecular formula is C20H21N3O4. The molecule has 1 aromatic heterocycles. The molecule has 2 unspecified atom stereocenters. The van der Waals surface area contributed by atoms with Crippen LogP contribution in [-0.2, 0) is 16.0 Å². The molecule has 140 valence electrons. The van der Waals surface area contributed by atoms with Crippen LogP contribution in [0.3, 0.4) is 0 Å². The van der Waals surface area contributed by atoms with E-state index in [4.69, 9.17) is 4.52 Å². The van der Waals surface area contributed by atoms with E-state index >= 15 is 0 Å². The lowest BCUT2D eigenvalue weighted by Crippen LogP contribution is -2.46. The number of nitrogens with one attached hydrogen (secondary N) is 1. The molecule has 1 aliphatic heterocycles. The number of carbonyl (C=O) groups is 2. The number of aromatic nitrogens is 1. The molecule has 0 aliphatic carbocycles. The zero-order valence-corrected chi connectivity index (χ0v) is 15.0. The van der Waals surface area contributed by atoms with Crippen molar-refractivity contribution in [2.45, 2.75) is 31.9 Å². The summed E-state index contributed by atoms with van der Waals surface area (Å²) in [7, 11) is 0. The number of amides is 2. The highest BCUT2D eigenvalue weighted by Crippen LogP contribution is 2.20. The summed E-state index contributed by atoms with van der Waals surface area (Å²) in [5, 5.41) is 16.4. The van der Waals surface area contributed by atoms with Gasteiger partial charge in [-0.1, -0.05) is 35.2 Å². The van der Waals surface area contributed by atoms with Gasteiger partial charge in [0.1, 0.15) is 11.8 Å². The average molecular weight is 367 g/mol. The van der Waals surface area contributed by atoms with E-state index in [9.17, 15) is 14.7 Å². The van der Waals surface area contributed by atoms with Gasteiger partial charge in [0.15, 0.2) is 0 Å². The van der Waals surface area contributed by atoms with Gasteiger partial charge in [0, 0.05) is 24.6 Å². The molecule has 2 atom stereocenters. The van der Waals surface area contributed by atoms with Crippen molar-refractivity contribution < 1.29 is 19.2 Å². The van der Waals surface area contributed by atoms with Crippen LogP contribution < -0.4 is 5.32 Å². The van der Waals surface area contributed by atoms with Crippen LogP contribution >= 0.6 is 0 Å². The first-order valence-electron chi connectivity index (χ1n) is 8.74. The number of nitrogens with zero attached hydrogens (tertiary/aromatic N) is 2. The molecule has 1 aliphatic rings. The lowest BCUT2D eigenvalue weighted by Gasteiger charge is -2.22. The third-order valence-electron chi connectivity index (χ3n) is 4.26. The normalized spacial score (nSPS) is 18.7. The van der Waals surface area contributed by atoms with Crippen molar-refractivity contribution in [3.63, 3.8) is 0 Å². The van der Waals surface area contributed by atoms with E-state index in [1.807, 2.05) is 30.3 Å². The molecule has 0 radical (unpaired) electrons. The summed E-state index contributed by atoms with van der Waals surface area (Å²) in [5.41, 5.74) is 1.55. The Balaban J connectivity index is 1.57. The summed E-state index contributed by atoms with van der Waals surface area (Å²) >= 11 is 0. The fraction of sp³-hybridized carbons (Fsp3) is 0.350. The van der Waals surface area contributed by atoms with E-state index in [1.54, 1.807) is 13.0 Å². The van der Waals surface area contributed by atoms with Crippen molar-refractivity contribution in [2.75, 3.05) is 13.1 Å². The summed E-state index contributed by atoms with van der Waals surface area (Å²) < 4.78 is 5.06. The highest BCUT2D eigenvalue weighted by Gasteiger charge is 2.38. The molecule has 0 spiro atoms. The van der Waals surface area contributed by atoms with Gasteiger partial charge in [-0.2, -0.15) is 0 Å². The highest BCUT2D eigenvalue weighted by molar-refractivity contribution is 5.89. The van der Waals surface area contributed by atoms with Crippen LogP contribution in [0.5, 0.6) is 0 Å². The Morgan fingerprint density at radius 1 is 1.37 bits per heavy atom. The monoisotopic (exact) mass is 367 g/mol. The van der Waals surface area contributed by atoms with E-state index < -0.39 is 12.1 Å². The minimum Gasteiger partial charge on any atom is -0.391 e. The maximum atomic E-state index is 12.5. The molecule has 2 N–H and O–H groups in total. The quantitative estimate of drug-likeness (QED) is 0.774. The first-order valence-corrected chi connectivity index (χ1v) is 8.74. The summed E-state index contributed by atoms with van der Waals surface area (Å²) in [6, 6.07) is 10.4. The molecule has 27 heavy (non-hydrogen) atoms. The second-order valence-corrected chi connectivity index (χ2v) is 6.45. The predicted octanol–water partition coefficient (Wildman–Crippen LogP) is 0.655. The first kappa shape index (κ1) is 18.7. The van der Waals surface area contributed by atoms with Gasteiger partial charge < -0.3 is 19.8 Å². The number of hydrogen-bond acceptors (Lipinski definition) is 5. The Morgan fingerprint density at radius 3 is 2.85 bits per heavy atom. The second kappa shape index (κ2) is 8.52. The first-order chi connectivity index (χ1) is 13.0. The van der Waals surface area contributed by atoms with Crippen LogP contribution in [0.25, 0.3) is 0 Å². The van der Waals surface area contributed by atoms with Crippen LogP contribution in [0.4, 0.5) is 0 Å². The fourth-order valence-corrected chi connectivity index (χ4v) is 3.01. The van der Waals surface area contributed by atoms with Gasteiger partial charge in [0.2, 0.25) is 11.8 Å². The van der Waals surface area contributed by atoms with Gasteiger partial charge in [-0.05, 0) is 19.1 Å². The summed E-state index contributed by atoms with van der Waals surface area (Å²) in [5.74, 6) is 5.67. The number of aliphatic hydroxyl groups is 1. The van der Waals surface area contributed by atoms with Crippen molar-refractivity contribution in [1.29, 1.82) is 0 Å². The molecule has 1 saturated heterocycles. The maximum Gasteiger partial charge on any atom is 0.243 e. The topological polar surface area (TPSA) is 95.7 Å². The minimum atomic E-state index is -0.725. The third kappa shape index (κ3) is 4.96. The predicted molar refractivity (Wildman–Crippen MR) is 97.4 cm³/mol. The number of likely N-dealkylation sites (tertiary alicyclic amines) is 1. The zero-order valence-electron chi connectivity index (χ0n) is 15.0. The minimum absolute atomic E-state index is 0.00511. The standard InChI is InChI=1S/C20H21N3O4/c1-14-10-17(27-22-14)12-19(25)23-13-16(24)11-18(23)20(26)21-9-5-8-15-6-3-2-4-7-15/h2-4,6-7,10,16,18,24H,9,11-13H2,1H3,(H,21,26). The number of benzene rings is 1. The van der Waals surface area contributed by atoms with E-state index in [2.05, 4.69) is 22.3 Å². The average Bonchev–Trinajstić information content (AvgIpc) is 3.25. The molecule has 2 heterocycles. The Labute approximate surface area is 157 Å². The number of hydrogen-bond donors (Lipinski definition) is 2. The smallest absolute Gasteiger partial charge is 0.243 e.